The van der Waals surface area contributed by atoms with Crippen molar-refractivity contribution in [2.75, 3.05) is 25.4 Å². The highest BCUT2D eigenvalue weighted by Gasteiger charge is 2.22. The predicted molar refractivity (Wildman–Crippen MR) is 107 cm³/mol. The van der Waals surface area contributed by atoms with Crippen LogP contribution in [-0.2, 0) is 19.1 Å². The average molecular weight is 419 g/mol. The number of nitriles is 1. The molecule has 0 saturated carbocycles. The van der Waals surface area contributed by atoms with E-state index in [9.17, 15) is 24.8 Å². The first-order chi connectivity index (χ1) is 14.2. The van der Waals surface area contributed by atoms with Gasteiger partial charge >= 0.3 is 12.1 Å². The molecular formula is C20H25N3O7. The van der Waals surface area contributed by atoms with Gasteiger partial charge in [-0.1, -0.05) is 0 Å². The highest BCUT2D eigenvalue weighted by atomic mass is 16.7. The van der Waals surface area contributed by atoms with Crippen molar-refractivity contribution >= 4 is 29.8 Å². The van der Waals surface area contributed by atoms with Gasteiger partial charge in [-0.3, -0.25) is 4.79 Å². The number of hydrogen-bond acceptors (Lipinski definition) is 9. The highest BCUT2D eigenvalue weighted by Crippen LogP contribution is 2.34. The van der Waals surface area contributed by atoms with E-state index in [1.807, 2.05) is 6.07 Å². The minimum Gasteiger partial charge on any atom is -0.503 e. The van der Waals surface area contributed by atoms with Crippen LogP contribution >= 0.6 is 0 Å². The molecule has 0 aliphatic rings. The van der Waals surface area contributed by atoms with Gasteiger partial charge in [0.1, 0.15) is 11.6 Å². The van der Waals surface area contributed by atoms with Gasteiger partial charge in [-0.2, -0.15) is 5.26 Å². The monoisotopic (exact) mass is 419 g/mol. The van der Waals surface area contributed by atoms with E-state index < -0.39 is 29.9 Å². The van der Waals surface area contributed by atoms with Crippen LogP contribution in [0.5, 0.6) is 11.5 Å². The minimum atomic E-state index is -1.27. The van der Waals surface area contributed by atoms with Crippen molar-refractivity contribution in [2.24, 2.45) is 0 Å². The standard InChI is InChI=1S/C20H25N3O7/c1-5-23(6-2)18(25)14(11-21)8-13-9-15(22)17(24)16(10-13)30-20(27)29-12(4)19(26)28-7-3/h8-10,12,24H,5-7,22H2,1-4H3/b14-8+. The van der Waals surface area contributed by atoms with Crippen LogP contribution < -0.4 is 10.5 Å². The summed E-state index contributed by atoms with van der Waals surface area (Å²) < 4.78 is 14.4. The number of benzene rings is 1. The van der Waals surface area contributed by atoms with E-state index in [1.54, 1.807) is 20.8 Å². The van der Waals surface area contributed by atoms with Crippen molar-refractivity contribution in [3.63, 3.8) is 0 Å². The number of anilines is 1. The van der Waals surface area contributed by atoms with E-state index in [4.69, 9.17) is 19.9 Å². The third-order valence-electron chi connectivity index (χ3n) is 3.92. The summed E-state index contributed by atoms with van der Waals surface area (Å²) in [7, 11) is 0. The molecule has 1 amide bonds. The largest absolute Gasteiger partial charge is 0.514 e. The Bertz CT molecular complexity index is 870. The van der Waals surface area contributed by atoms with Crippen LogP contribution in [0.3, 0.4) is 0 Å². The number of carbonyl (C=O) groups is 3. The first-order valence-electron chi connectivity index (χ1n) is 9.26. The van der Waals surface area contributed by atoms with Crippen molar-refractivity contribution < 1.29 is 33.7 Å². The van der Waals surface area contributed by atoms with E-state index in [0.29, 0.717) is 13.1 Å². The summed E-state index contributed by atoms with van der Waals surface area (Å²) in [6.45, 7) is 7.41. The van der Waals surface area contributed by atoms with Gasteiger partial charge in [0.25, 0.3) is 5.91 Å². The topological polar surface area (TPSA) is 152 Å². The number of ether oxygens (including phenoxy) is 3. The lowest BCUT2D eigenvalue weighted by Gasteiger charge is -2.17. The highest BCUT2D eigenvalue weighted by molar-refractivity contribution is 6.01. The van der Waals surface area contributed by atoms with Crippen molar-refractivity contribution in [3.05, 3.63) is 23.3 Å². The molecule has 1 unspecified atom stereocenters. The molecule has 0 aliphatic carbocycles. The molecule has 3 N–H and O–H groups in total. The Morgan fingerprint density at radius 3 is 2.43 bits per heavy atom. The molecule has 1 aromatic rings. The number of phenolic OH excluding ortho intramolecular Hbond substituents is 1. The van der Waals surface area contributed by atoms with Crippen molar-refractivity contribution in [1.82, 2.24) is 4.90 Å². The van der Waals surface area contributed by atoms with E-state index in [1.165, 1.54) is 30.0 Å². The summed E-state index contributed by atoms with van der Waals surface area (Å²) in [6, 6.07) is 4.34. The van der Waals surface area contributed by atoms with Crippen LogP contribution in [0.2, 0.25) is 0 Å². The molecule has 0 spiro atoms. The number of hydrogen-bond donors (Lipinski definition) is 2. The first kappa shape index (κ1) is 24.3. The molecule has 0 aromatic heterocycles. The van der Waals surface area contributed by atoms with Crippen LogP contribution in [0.4, 0.5) is 10.5 Å². The van der Waals surface area contributed by atoms with E-state index >= 15 is 0 Å². The fraction of sp³-hybridized carbons (Fsp3) is 0.400. The molecule has 1 atom stereocenters. The molecule has 10 nitrogen and oxygen atoms in total. The SMILES string of the molecule is CCOC(=O)C(C)OC(=O)Oc1cc(/C=C(\C#N)C(=O)N(CC)CC)cc(N)c1O. The van der Waals surface area contributed by atoms with Gasteiger partial charge in [0.15, 0.2) is 17.6 Å². The molecule has 0 radical (unpaired) electrons. The lowest BCUT2D eigenvalue weighted by Crippen LogP contribution is -2.31. The number of phenols is 1. The van der Waals surface area contributed by atoms with Gasteiger partial charge in [-0.25, -0.2) is 9.59 Å². The zero-order valence-electron chi connectivity index (χ0n) is 17.3. The summed E-state index contributed by atoms with van der Waals surface area (Å²) in [5.41, 5.74) is 5.65. The van der Waals surface area contributed by atoms with E-state index in [-0.39, 0.29) is 29.2 Å². The summed E-state index contributed by atoms with van der Waals surface area (Å²) in [4.78, 5) is 37.3. The van der Waals surface area contributed by atoms with Gasteiger partial charge in [-0.15, -0.1) is 0 Å². The van der Waals surface area contributed by atoms with Gasteiger partial charge < -0.3 is 30.0 Å². The summed E-state index contributed by atoms with van der Waals surface area (Å²) >= 11 is 0. The smallest absolute Gasteiger partial charge is 0.503 e. The zero-order valence-corrected chi connectivity index (χ0v) is 17.3. The summed E-state index contributed by atoms with van der Waals surface area (Å²) in [5, 5.41) is 19.4. The third kappa shape index (κ3) is 6.41. The van der Waals surface area contributed by atoms with Crippen molar-refractivity contribution in [2.45, 2.75) is 33.8 Å². The van der Waals surface area contributed by atoms with Gasteiger partial charge in [-0.05, 0) is 51.5 Å². The average Bonchev–Trinajstić information content (AvgIpc) is 2.70. The molecule has 30 heavy (non-hydrogen) atoms. The van der Waals surface area contributed by atoms with Gasteiger partial charge in [0.05, 0.1) is 12.3 Å². The van der Waals surface area contributed by atoms with Gasteiger partial charge in [0, 0.05) is 13.1 Å². The van der Waals surface area contributed by atoms with E-state index in [2.05, 4.69) is 0 Å². The van der Waals surface area contributed by atoms with Crippen molar-refractivity contribution in [1.29, 1.82) is 5.26 Å². The summed E-state index contributed by atoms with van der Waals surface area (Å²) in [6.07, 6.45) is -1.24. The second-order valence-corrected chi connectivity index (χ2v) is 5.97. The number of nitrogens with two attached hydrogens (primary N) is 1. The fourth-order valence-corrected chi connectivity index (χ4v) is 2.37. The maximum absolute atomic E-state index is 12.4. The van der Waals surface area contributed by atoms with Gasteiger partial charge in [0.2, 0.25) is 0 Å². The number of nitrogens with zero attached hydrogens (tertiary/aromatic N) is 2. The molecule has 0 aliphatic heterocycles. The van der Waals surface area contributed by atoms with Crippen molar-refractivity contribution in [3.8, 4) is 17.6 Å². The first-order valence-corrected chi connectivity index (χ1v) is 9.26. The fourth-order valence-electron chi connectivity index (χ4n) is 2.37. The lowest BCUT2D eigenvalue weighted by atomic mass is 10.1. The second-order valence-electron chi connectivity index (χ2n) is 5.97. The minimum absolute atomic E-state index is 0.112. The number of likely N-dealkylation sites (N-methyl/N-ethyl adjacent to an activating group) is 1. The number of aromatic hydroxyl groups is 1. The molecule has 0 bridgehead atoms. The number of nitrogen functional groups attached to an aromatic ring is 1. The Kier molecular flexibility index (Phi) is 9.16. The molecule has 0 heterocycles. The maximum Gasteiger partial charge on any atom is 0.514 e. The Labute approximate surface area is 174 Å². The molecule has 162 valence electrons. The Morgan fingerprint density at radius 2 is 1.90 bits per heavy atom. The summed E-state index contributed by atoms with van der Waals surface area (Å²) in [5.74, 6) is -2.14. The van der Waals surface area contributed by atoms with Crippen LogP contribution in [-0.4, -0.2) is 53.8 Å². The third-order valence-corrected chi connectivity index (χ3v) is 3.92. The van der Waals surface area contributed by atoms with Crippen LogP contribution in [0.15, 0.2) is 17.7 Å². The number of amides is 1. The lowest BCUT2D eigenvalue weighted by molar-refractivity contribution is -0.152. The quantitative estimate of drug-likeness (QED) is 0.161. The number of carbonyl (C=O) groups excluding carboxylic acids is 3. The molecule has 0 fully saturated rings. The second kappa shape index (κ2) is 11.3. The Balaban J connectivity index is 3.12. The molecular weight excluding hydrogens is 394 g/mol. The Morgan fingerprint density at radius 1 is 1.27 bits per heavy atom. The van der Waals surface area contributed by atoms with Crippen LogP contribution in [0.1, 0.15) is 33.3 Å². The van der Waals surface area contributed by atoms with Crippen LogP contribution in [0.25, 0.3) is 6.08 Å². The van der Waals surface area contributed by atoms with E-state index in [0.717, 1.165) is 0 Å². The normalized spacial score (nSPS) is 11.8. The van der Waals surface area contributed by atoms with Crippen LogP contribution in [0, 0.1) is 11.3 Å². The zero-order chi connectivity index (χ0) is 22.8. The molecule has 0 saturated heterocycles. The maximum atomic E-state index is 12.4. The number of rotatable bonds is 8. The molecule has 1 aromatic carbocycles. The molecule has 10 heteroatoms. The molecule has 1 rings (SSSR count). The Hall–Kier alpha value is -3.74. The predicted octanol–water partition coefficient (Wildman–Crippen LogP) is 2.22. The number of esters is 1.